The Balaban J connectivity index is 1.21. The minimum absolute atomic E-state index is 0.0432. The van der Waals surface area contributed by atoms with Crippen LogP contribution in [0.3, 0.4) is 0 Å². The lowest BCUT2D eigenvalue weighted by atomic mass is 9.91. The lowest BCUT2D eigenvalue weighted by molar-refractivity contribution is 0.560. The number of imidazole rings is 1. The number of nitrogens with zero attached hydrogens (tertiary/aromatic N) is 5. The monoisotopic (exact) mass is 669 g/mol. The molecular formula is C47H35N5. The molecular weight excluding hydrogens is 635 g/mol. The van der Waals surface area contributed by atoms with Gasteiger partial charge in [-0.3, -0.25) is 4.57 Å². The van der Waals surface area contributed by atoms with Crippen LogP contribution in [0.25, 0.3) is 88.5 Å². The van der Waals surface area contributed by atoms with E-state index in [0.29, 0.717) is 5.82 Å². The van der Waals surface area contributed by atoms with Crippen LogP contribution in [0.15, 0.2) is 158 Å². The number of hydrogen-bond acceptors (Lipinski definition) is 3. The summed E-state index contributed by atoms with van der Waals surface area (Å²) in [6.45, 7) is 6.88. The Morgan fingerprint density at radius 1 is 0.538 bits per heavy atom. The minimum atomic E-state index is -0.0432. The molecule has 52 heavy (non-hydrogen) atoms. The summed E-state index contributed by atoms with van der Waals surface area (Å²) >= 11 is 0. The van der Waals surface area contributed by atoms with E-state index in [0.717, 1.165) is 39.2 Å². The predicted octanol–water partition coefficient (Wildman–Crippen LogP) is 11.9. The van der Waals surface area contributed by atoms with Crippen LogP contribution >= 0.6 is 0 Å². The summed E-state index contributed by atoms with van der Waals surface area (Å²) in [5, 5.41) is 8.42. The fraction of sp³-hybridized carbons (Fsp3) is 0.0851. The van der Waals surface area contributed by atoms with Gasteiger partial charge < -0.3 is 4.57 Å². The van der Waals surface area contributed by atoms with Gasteiger partial charge in [0, 0.05) is 38.7 Å². The molecule has 7 aromatic carbocycles. The summed E-state index contributed by atoms with van der Waals surface area (Å²) in [7, 11) is 0. The van der Waals surface area contributed by atoms with Crippen LogP contribution in [0.2, 0.25) is 0 Å². The summed E-state index contributed by atoms with van der Waals surface area (Å²) < 4.78 is 4.60. The van der Waals surface area contributed by atoms with Crippen molar-refractivity contribution in [2.75, 3.05) is 0 Å². The van der Waals surface area contributed by atoms with Crippen molar-refractivity contribution in [2.45, 2.75) is 26.2 Å². The van der Waals surface area contributed by atoms with Gasteiger partial charge in [-0.25, -0.2) is 15.0 Å². The number of benzene rings is 7. The summed E-state index contributed by atoms with van der Waals surface area (Å²) in [6.07, 6.45) is 1.86. The van der Waals surface area contributed by atoms with E-state index in [1.54, 1.807) is 0 Å². The topological polar surface area (TPSA) is 48.5 Å². The maximum absolute atomic E-state index is 5.26. The maximum atomic E-state index is 5.26. The number of fused-ring (bicyclic) bond motifs is 7. The lowest BCUT2D eigenvalue weighted by Crippen LogP contribution is -2.16. The van der Waals surface area contributed by atoms with Crippen molar-refractivity contribution in [1.29, 1.82) is 0 Å². The van der Waals surface area contributed by atoms with Crippen LogP contribution in [0.4, 0.5) is 0 Å². The van der Waals surface area contributed by atoms with E-state index in [-0.39, 0.29) is 5.41 Å². The zero-order valence-corrected chi connectivity index (χ0v) is 29.2. The first-order valence-corrected chi connectivity index (χ1v) is 17.8. The first-order valence-electron chi connectivity index (χ1n) is 17.8. The van der Waals surface area contributed by atoms with Gasteiger partial charge in [-0.05, 0) is 57.3 Å². The fourth-order valence-electron chi connectivity index (χ4n) is 7.90. The molecule has 0 aliphatic heterocycles. The molecule has 5 heteroatoms. The van der Waals surface area contributed by atoms with Gasteiger partial charge in [0.25, 0.3) is 0 Å². The van der Waals surface area contributed by atoms with Gasteiger partial charge in [0.2, 0.25) is 0 Å². The highest BCUT2D eigenvalue weighted by atomic mass is 15.2. The van der Waals surface area contributed by atoms with E-state index >= 15 is 0 Å². The Bertz CT molecular complexity index is 2980. The van der Waals surface area contributed by atoms with Crippen molar-refractivity contribution in [1.82, 2.24) is 24.1 Å². The second kappa shape index (κ2) is 11.5. The predicted molar refractivity (Wildman–Crippen MR) is 216 cm³/mol. The van der Waals surface area contributed by atoms with Crippen molar-refractivity contribution < 1.29 is 0 Å². The van der Waals surface area contributed by atoms with Crippen LogP contribution in [0.5, 0.6) is 0 Å². The molecule has 0 N–H and O–H groups in total. The number of hydrogen-bond donors (Lipinski definition) is 0. The highest BCUT2D eigenvalue weighted by molar-refractivity contribution is 6.23. The van der Waals surface area contributed by atoms with Gasteiger partial charge in [-0.15, -0.1) is 0 Å². The normalized spacial score (nSPS) is 12.1. The molecule has 0 spiro atoms. The largest absolute Gasteiger partial charge is 0.312 e. The molecule has 5 nitrogen and oxygen atoms in total. The van der Waals surface area contributed by atoms with Gasteiger partial charge in [0.1, 0.15) is 11.3 Å². The molecule has 0 bridgehead atoms. The van der Waals surface area contributed by atoms with Crippen molar-refractivity contribution in [2.24, 2.45) is 0 Å². The van der Waals surface area contributed by atoms with Crippen molar-refractivity contribution in [3.8, 4) is 34.2 Å². The molecule has 0 radical (unpaired) electrons. The van der Waals surface area contributed by atoms with E-state index in [1.165, 1.54) is 49.2 Å². The third kappa shape index (κ3) is 4.66. The number of rotatable bonds is 4. The summed E-state index contributed by atoms with van der Waals surface area (Å²) in [5.41, 5.74) is 8.20. The molecule has 0 saturated heterocycles. The number of aromatic nitrogens is 5. The average Bonchev–Trinajstić information content (AvgIpc) is 3.77. The van der Waals surface area contributed by atoms with Crippen molar-refractivity contribution in [3.05, 3.63) is 164 Å². The molecule has 0 atom stereocenters. The van der Waals surface area contributed by atoms with Gasteiger partial charge in [-0.2, -0.15) is 0 Å². The van der Waals surface area contributed by atoms with Gasteiger partial charge in [-0.1, -0.05) is 142 Å². The van der Waals surface area contributed by atoms with E-state index in [1.807, 2.05) is 42.6 Å². The van der Waals surface area contributed by atoms with E-state index in [2.05, 4.69) is 145 Å². The smallest absolute Gasteiger partial charge is 0.169 e. The van der Waals surface area contributed by atoms with E-state index < -0.39 is 0 Å². The van der Waals surface area contributed by atoms with E-state index in [4.69, 9.17) is 15.0 Å². The quantitative estimate of drug-likeness (QED) is 0.175. The molecule has 10 rings (SSSR count). The fourth-order valence-corrected chi connectivity index (χ4v) is 7.90. The molecule has 3 heterocycles. The van der Waals surface area contributed by atoms with E-state index in [9.17, 15) is 0 Å². The zero-order chi connectivity index (χ0) is 35.0. The molecule has 0 unspecified atom stereocenters. The highest BCUT2D eigenvalue weighted by Gasteiger charge is 2.23. The number of para-hydroxylation sites is 2. The third-order valence-electron chi connectivity index (χ3n) is 10.3. The first-order chi connectivity index (χ1) is 25.4. The average molecular weight is 670 g/mol. The Morgan fingerprint density at radius 3 is 2.02 bits per heavy atom. The zero-order valence-electron chi connectivity index (χ0n) is 29.2. The van der Waals surface area contributed by atoms with Crippen molar-refractivity contribution >= 4 is 54.4 Å². The summed E-state index contributed by atoms with van der Waals surface area (Å²) in [5.74, 6) is 1.51. The molecule has 0 amide bonds. The standard InChI is InChI=1S/C47H35N5/c1-47(2,3)42-28-32-16-10-11-22-40(32)52(42)41-23-13-20-37-35(41)27-25-30-24-26-34-36(43(30)37)19-12-21-38(34)44-48-29-39-46(50-44)51(33-17-8-5-9-18-33)45(49-39)31-14-6-4-7-15-31/h4-29H,1-3H3. The van der Waals surface area contributed by atoms with Crippen LogP contribution in [-0.4, -0.2) is 24.1 Å². The van der Waals surface area contributed by atoms with Crippen molar-refractivity contribution in [3.63, 3.8) is 0 Å². The van der Waals surface area contributed by atoms with Gasteiger partial charge in [0.05, 0.1) is 17.4 Å². The summed E-state index contributed by atoms with van der Waals surface area (Å²) in [4.78, 5) is 15.2. The van der Waals surface area contributed by atoms with Crippen LogP contribution in [0.1, 0.15) is 26.5 Å². The Hall–Kier alpha value is -6.59. The summed E-state index contributed by atoms with van der Waals surface area (Å²) in [6, 6.07) is 53.9. The molecule has 248 valence electrons. The van der Waals surface area contributed by atoms with Gasteiger partial charge in [0.15, 0.2) is 11.5 Å². The highest BCUT2D eigenvalue weighted by Crippen LogP contribution is 2.40. The maximum Gasteiger partial charge on any atom is 0.169 e. The molecule has 0 fully saturated rings. The molecule has 3 aromatic heterocycles. The Kier molecular flexibility index (Phi) is 6.67. The Morgan fingerprint density at radius 2 is 1.23 bits per heavy atom. The lowest BCUT2D eigenvalue weighted by Gasteiger charge is -2.23. The second-order valence-corrected chi connectivity index (χ2v) is 14.6. The van der Waals surface area contributed by atoms with Gasteiger partial charge >= 0.3 is 0 Å². The van der Waals surface area contributed by atoms with Crippen LogP contribution < -0.4 is 0 Å². The van der Waals surface area contributed by atoms with Crippen LogP contribution in [-0.2, 0) is 5.41 Å². The third-order valence-corrected chi connectivity index (χ3v) is 10.3. The molecule has 0 aliphatic carbocycles. The first kappa shape index (κ1) is 30.3. The molecule has 0 saturated carbocycles. The molecule has 0 aliphatic rings. The SMILES string of the molecule is CC(C)(C)c1cc2ccccc2n1-c1cccc2c1ccc1ccc3c(-c4ncc5nc(-c6ccccc6)n(-c6ccccc6)c5n4)cccc3c12. The van der Waals surface area contributed by atoms with Crippen LogP contribution in [0, 0.1) is 0 Å². The molecule has 10 aromatic rings. The second-order valence-electron chi connectivity index (χ2n) is 14.6. The minimum Gasteiger partial charge on any atom is -0.312 e. The Labute approximate surface area is 301 Å².